The van der Waals surface area contributed by atoms with E-state index in [1.54, 1.807) is 6.92 Å². The molecule has 0 heterocycles. The highest BCUT2D eigenvalue weighted by atomic mass is 32.2. The Morgan fingerprint density at radius 2 is 2.17 bits per heavy atom. The van der Waals surface area contributed by atoms with Crippen molar-refractivity contribution in [2.45, 2.75) is 6.92 Å². The van der Waals surface area contributed by atoms with Crippen LogP contribution in [0.2, 0.25) is 0 Å². The number of hydrogen-bond acceptors (Lipinski definition) is 4. The van der Waals surface area contributed by atoms with Gasteiger partial charge >= 0.3 is 0 Å². The van der Waals surface area contributed by atoms with E-state index in [0.717, 1.165) is 0 Å². The first-order valence-corrected chi connectivity index (χ1v) is 5.80. The third-order valence-corrected chi connectivity index (χ3v) is 2.27. The van der Waals surface area contributed by atoms with Crippen LogP contribution >= 0.6 is 0 Å². The van der Waals surface area contributed by atoms with Crippen LogP contribution in [0.3, 0.4) is 0 Å². The van der Waals surface area contributed by atoms with Crippen LogP contribution in [0.4, 0.5) is 0 Å². The molecule has 0 saturated carbocycles. The molecule has 4 nitrogen and oxygen atoms in total. The second-order valence-electron chi connectivity index (χ2n) is 2.86. The fourth-order valence-electron chi connectivity index (χ4n) is 0.622. The Kier molecular flexibility index (Phi) is 4.86. The van der Waals surface area contributed by atoms with E-state index in [1.807, 2.05) is 0 Å². The first kappa shape index (κ1) is 11.4. The van der Waals surface area contributed by atoms with Crippen LogP contribution in [0.5, 0.6) is 0 Å². The molecule has 0 aromatic heterocycles. The summed E-state index contributed by atoms with van der Waals surface area (Å²) >= 11 is 0. The third kappa shape index (κ3) is 7.51. The lowest BCUT2D eigenvalue weighted by Gasteiger charge is -2.03. The van der Waals surface area contributed by atoms with Crippen LogP contribution in [0, 0.1) is 17.2 Å². The maximum absolute atomic E-state index is 10.6. The molecule has 0 amide bonds. The van der Waals surface area contributed by atoms with Crippen molar-refractivity contribution in [3.05, 3.63) is 0 Å². The van der Waals surface area contributed by atoms with Crippen molar-refractivity contribution in [3.63, 3.8) is 0 Å². The quantitative estimate of drug-likeness (QED) is 0.608. The van der Waals surface area contributed by atoms with E-state index in [0.29, 0.717) is 13.1 Å². The van der Waals surface area contributed by atoms with Crippen LogP contribution in [0.25, 0.3) is 0 Å². The molecule has 0 bridgehead atoms. The molecule has 0 aromatic rings. The van der Waals surface area contributed by atoms with Crippen molar-refractivity contribution in [2.24, 2.45) is 5.92 Å². The minimum absolute atomic E-state index is 0.0652. The van der Waals surface area contributed by atoms with E-state index in [9.17, 15) is 8.42 Å². The predicted molar refractivity (Wildman–Crippen MR) is 47.4 cm³/mol. The molecule has 70 valence electrons. The highest BCUT2D eigenvalue weighted by Crippen LogP contribution is 1.87. The maximum atomic E-state index is 10.6. The summed E-state index contributed by atoms with van der Waals surface area (Å²) in [6, 6.07) is 2.05. The first-order valence-electron chi connectivity index (χ1n) is 3.74. The summed E-state index contributed by atoms with van der Waals surface area (Å²) in [5.74, 6) is 0.0649. The lowest BCUT2D eigenvalue weighted by atomic mass is 10.2. The fraction of sp³-hybridized carbons (Fsp3) is 0.857. The second kappa shape index (κ2) is 5.12. The zero-order valence-corrected chi connectivity index (χ0v) is 8.19. The Labute approximate surface area is 73.5 Å². The van der Waals surface area contributed by atoms with Gasteiger partial charge in [0.25, 0.3) is 0 Å². The van der Waals surface area contributed by atoms with E-state index >= 15 is 0 Å². The number of nitriles is 1. The molecule has 5 heteroatoms. The van der Waals surface area contributed by atoms with Crippen molar-refractivity contribution in [1.29, 1.82) is 5.26 Å². The molecular weight excluding hydrogens is 176 g/mol. The maximum Gasteiger partial charge on any atom is 0.148 e. The van der Waals surface area contributed by atoms with Gasteiger partial charge in [0.1, 0.15) is 9.84 Å². The average molecular weight is 190 g/mol. The van der Waals surface area contributed by atoms with E-state index in [4.69, 9.17) is 5.26 Å². The SMILES string of the molecule is CC(C#N)CNCCS(C)(=O)=O. The largest absolute Gasteiger partial charge is 0.314 e. The molecule has 1 unspecified atom stereocenters. The summed E-state index contributed by atoms with van der Waals surface area (Å²) < 4.78 is 21.3. The van der Waals surface area contributed by atoms with E-state index < -0.39 is 9.84 Å². The van der Waals surface area contributed by atoms with Crippen LogP contribution in [-0.4, -0.2) is 33.5 Å². The van der Waals surface area contributed by atoms with Gasteiger partial charge in [0.2, 0.25) is 0 Å². The molecule has 0 spiro atoms. The molecule has 0 aliphatic rings. The van der Waals surface area contributed by atoms with Crippen molar-refractivity contribution in [2.75, 3.05) is 25.1 Å². The zero-order chi connectivity index (χ0) is 9.61. The molecule has 0 radical (unpaired) electrons. The molecule has 1 atom stereocenters. The highest BCUT2D eigenvalue weighted by molar-refractivity contribution is 7.90. The predicted octanol–water partition coefficient (Wildman–Crippen LogP) is -0.220. The Balaban J connectivity index is 3.42. The Hall–Kier alpha value is -0.600. The second-order valence-corrected chi connectivity index (χ2v) is 5.12. The average Bonchev–Trinajstić information content (AvgIpc) is 1.96. The van der Waals surface area contributed by atoms with Crippen LogP contribution in [0.1, 0.15) is 6.92 Å². The number of hydrogen-bond donors (Lipinski definition) is 1. The summed E-state index contributed by atoms with van der Waals surface area (Å²) in [7, 11) is -2.87. The van der Waals surface area contributed by atoms with Gasteiger partial charge in [-0.05, 0) is 6.92 Å². The van der Waals surface area contributed by atoms with Gasteiger partial charge in [0.05, 0.1) is 17.7 Å². The minimum atomic E-state index is -2.87. The van der Waals surface area contributed by atoms with Gasteiger partial charge in [-0.25, -0.2) is 8.42 Å². The smallest absolute Gasteiger partial charge is 0.148 e. The lowest BCUT2D eigenvalue weighted by Crippen LogP contribution is -2.26. The van der Waals surface area contributed by atoms with Gasteiger partial charge < -0.3 is 5.32 Å². The van der Waals surface area contributed by atoms with Crippen LogP contribution in [-0.2, 0) is 9.84 Å². The number of rotatable bonds is 5. The molecule has 0 saturated heterocycles. The number of nitrogens with one attached hydrogen (secondary N) is 1. The molecule has 1 N–H and O–H groups in total. The highest BCUT2D eigenvalue weighted by Gasteiger charge is 2.02. The summed E-state index contributed by atoms with van der Waals surface area (Å²) in [5, 5.41) is 11.3. The Morgan fingerprint density at radius 3 is 2.58 bits per heavy atom. The summed E-state index contributed by atoms with van der Waals surface area (Å²) in [6.45, 7) is 2.75. The van der Waals surface area contributed by atoms with Crippen molar-refractivity contribution < 1.29 is 8.42 Å². The minimum Gasteiger partial charge on any atom is -0.314 e. The molecular formula is C7H14N2O2S. The van der Waals surface area contributed by atoms with Crippen molar-refractivity contribution >= 4 is 9.84 Å². The van der Waals surface area contributed by atoms with Gasteiger partial charge in [-0.1, -0.05) is 0 Å². The molecule has 12 heavy (non-hydrogen) atoms. The molecule has 0 aromatic carbocycles. The van der Waals surface area contributed by atoms with Crippen molar-refractivity contribution in [3.8, 4) is 6.07 Å². The van der Waals surface area contributed by atoms with Crippen LogP contribution in [0.15, 0.2) is 0 Å². The van der Waals surface area contributed by atoms with Crippen LogP contribution < -0.4 is 5.32 Å². The normalized spacial score (nSPS) is 13.8. The van der Waals surface area contributed by atoms with Gasteiger partial charge in [0, 0.05) is 19.3 Å². The number of nitrogens with zero attached hydrogens (tertiary/aromatic N) is 1. The Morgan fingerprint density at radius 1 is 1.58 bits per heavy atom. The van der Waals surface area contributed by atoms with Gasteiger partial charge in [0.15, 0.2) is 0 Å². The molecule has 0 aliphatic heterocycles. The number of sulfone groups is 1. The zero-order valence-electron chi connectivity index (χ0n) is 7.37. The fourth-order valence-corrected chi connectivity index (χ4v) is 1.14. The standard InChI is InChI=1S/C7H14N2O2S/c1-7(5-8)6-9-3-4-12(2,10)11/h7,9H,3-4,6H2,1-2H3. The Bertz CT molecular complexity index is 253. The van der Waals surface area contributed by atoms with E-state index in [-0.39, 0.29) is 11.7 Å². The van der Waals surface area contributed by atoms with E-state index in [1.165, 1.54) is 6.26 Å². The van der Waals surface area contributed by atoms with Gasteiger partial charge in [-0.3, -0.25) is 0 Å². The molecule has 0 fully saturated rings. The summed E-state index contributed by atoms with van der Waals surface area (Å²) in [6.07, 6.45) is 1.20. The van der Waals surface area contributed by atoms with E-state index in [2.05, 4.69) is 11.4 Å². The third-order valence-electron chi connectivity index (χ3n) is 1.32. The topological polar surface area (TPSA) is 70.0 Å². The molecule has 0 rings (SSSR count). The summed E-state index contributed by atoms with van der Waals surface area (Å²) in [5.41, 5.74) is 0. The first-order chi connectivity index (χ1) is 5.45. The monoisotopic (exact) mass is 190 g/mol. The van der Waals surface area contributed by atoms with Gasteiger partial charge in [-0.15, -0.1) is 0 Å². The summed E-state index contributed by atoms with van der Waals surface area (Å²) in [4.78, 5) is 0. The van der Waals surface area contributed by atoms with Crippen molar-refractivity contribution in [1.82, 2.24) is 5.32 Å². The lowest BCUT2D eigenvalue weighted by molar-refractivity contribution is 0.587. The van der Waals surface area contributed by atoms with Gasteiger partial charge in [-0.2, -0.15) is 5.26 Å². The molecule has 0 aliphatic carbocycles.